The molecule has 118 valence electrons. The SMILES string of the molecule is Cc1ccc(CNc2nc(Cl)nc3sc4c(c23)CCCC4)cc1. The summed E-state index contributed by atoms with van der Waals surface area (Å²) in [6.45, 7) is 2.84. The molecule has 0 bridgehead atoms. The molecule has 3 aromatic rings. The summed E-state index contributed by atoms with van der Waals surface area (Å²) in [5, 5.41) is 4.98. The third-order valence-electron chi connectivity index (χ3n) is 4.37. The summed E-state index contributed by atoms with van der Waals surface area (Å²) in [6.07, 6.45) is 4.80. The summed E-state index contributed by atoms with van der Waals surface area (Å²) in [7, 11) is 0. The van der Waals surface area contributed by atoms with Gasteiger partial charge in [-0.2, -0.15) is 0 Å². The van der Waals surface area contributed by atoms with Crippen molar-refractivity contribution in [3.05, 3.63) is 51.1 Å². The minimum Gasteiger partial charge on any atom is -0.365 e. The van der Waals surface area contributed by atoms with Crippen LogP contribution in [0.1, 0.15) is 34.4 Å². The Morgan fingerprint density at radius 2 is 1.91 bits per heavy atom. The van der Waals surface area contributed by atoms with E-state index < -0.39 is 0 Å². The molecule has 23 heavy (non-hydrogen) atoms. The Morgan fingerprint density at radius 1 is 1.13 bits per heavy atom. The number of rotatable bonds is 3. The fourth-order valence-corrected chi connectivity index (χ4v) is 4.63. The Labute approximate surface area is 144 Å². The molecule has 5 heteroatoms. The lowest BCUT2D eigenvalue weighted by molar-refractivity contribution is 0.700. The van der Waals surface area contributed by atoms with Gasteiger partial charge < -0.3 is 5.32 Å². The van der Waals surface area contributed by atoms with Crippen molar-refractivity contribution in [1.29, 1.82) is 0 Å². The summed E-state index contributed by atoms with van der Waals surface area (Å²) >= 11 is 7.91. The predicted molar refractivity (Wildman–Crippen MR) is 97.6 cm³/mol. The Hall–Kier alpha value is -1.65. The highest BCUT2D eigenvalue weighted by Crippen LogP contribution is 2.39. The number of halogens is 1. The number of thiophene rings is 1. The monoisotopic (exact) mass is 343 g/mol. The molecule has 0 saturated carbocycles. The van der Waals surface area contributed by atoms with E-state index in [0.717, 1.165) is 30.0 Å². The van der Waals surface area contributed by atoms with Gasteiger partial charge in [-0.3, -0.25) is 0 Å². The van der Waals surface area contributed by atoms with E-state index in [1.165, 1.54) is 39.8 Å². The molecular formula is C18H18ClN3S. The van der Waals surface area contributed by atoms with Crippen LogP contribution in [0.4, 0.5) is 5.82 Å². The first-order valence-electron chi connectivity index (χ1n) is 7.98. The van der Waals surface area contributed by atoms with Crippen LogP contribution in [0.15, 0.2) is 24.3 Å². The van der Waals surface area contributed by atoms with Crippen molar-refractivity contribution >= 4 is 39.0 Å². The average Bonchev–Trinajstić information content (AvgIpc) is 2.92. The van der Waals surface area contributed by atoms with Crippen molar-refractivity contribution in [3.63, 3.8) is 0 Å². The first kappa shape index (κ1) is 14.9. The molecule has 0 aliphatic heterocycles. The van der Waals surface area contributed by atoms with Crippen molar-refractivity contribution < 1.29 is 0 Å². The van der Waals surface area contributed by atoms with Gasteiger partial charge >= 0.3 is 0 Å². The molecule has 0 radical (unpaired) electrons. The average molecular weight is 344 g/mol. The molecular weight excluding hydrogens is 326 g/mol. The number of fused-ring (bicyclic) bond motifs is 3. The van der Waals surface area contributed by atoms with Crippen LogP contribution in [-0.2, 0) is 19.4 Å². The fourth-order valence-electron chi connectivity index (χ4n) is 3.15. The largest absolute Gasteiger partial charge is 0.365 e. The molecule has 1 aromatic carbocycles. The van der Waals surface area contributed by atoms with E-state index in [1.807, 2.05) is 0 Å². The number of nitrogens with one attached hydrogen (secondary N) is 1. The molecule has 3 nitrogen and oxygen atoms in total. The molecule has 0 unspecified atom stereocenters. The Balaban J connectivity index is 1.70. The summed E-state index contributed by atoms with van der Waals surface area (Å²) in [6, 6.07) is 8.55. The lowest BCUT2D eigenvalue weighted by Gasteiger charge is -2.13. The van der Waals surface area contributed by atoms with Crippen LogP contribution in [0.5, 0.6) is 0 Å². The number of anilines is 1. The number of hydrogen-bond donors (Lipinski definition) is 1. The van der Waals surface area contributed by atoms with E-state index in [9.17, 15) is 0 Å². The van der Waals surface area contributed by atoms with Gasteiger partial charge in [-0.05, 0) is 55.3 Å². The Bertz CT molecular complexity index is 855. The van der Waals surface area contributed by atoms with E-state index in [4.69, 9.17) is 11.6 Å². The minimum absolute atomic E-state index is 0.322. The van der Waals surface area contributed by atoms with Crippen molar-refractivity contribution in [2.24, 2.45) is 0 Å². The van der Waals surface area contributed by atoms with Crippen molar-refractivity contribution in [3.8, 4) is 0 Å². The molecule has 1 N–H and O–H groups in total. The molecule has 0 fully saturated rings. The van der Waals surface area contributed by atoms with Crippen molar-refractivity contribution in [1.82, 2.24) is 9.97 Å². The molecule has 0 spiro atoms. The summed E-state index contributed by atoms with van der Waals surface area (Å²) in [5.74, 6) is 0.875. The standard InChI is InChI=1S/C18H18ClN3S/c1-11-6-8-12(9-7-11)10-20-16-15-13-4-2-3-5-14(13)23-17(15)22-18(19)21-16/h6-9H,2-5,10H2,1H3,(H,20,21,22). The van der Waals surface area contributed by atoms with Crippen LogP contribution in [0, 0.1) is 6.92 Å². The first-order chi connectivity index (χ1) is 11.2. The summed E-state index contributed by atoms with van der Waals surface area (Å²) < 4.78 is 0. The highest BCUT2D eigenvalue weighted by atomic mass is 35.5. The van der Waals surface area contributed by atoms with Crippen LogP contribution < -0.4 is 5.32 Å². The van der Waals surface area contributed by atoms with Crippen molar-refractivity contribution in [2.45, 2.75) is 39.2 Å². The lowest BCUT2D eigenvalue weighted by atomic mass is 9.97. The smallest absolute Gasteiger partial charge is 0.225 e. The molecule has 2 heterocycles. The van der Waals surface area contributed by atoms with Gasteiger partial charge in [0.1, 0.15) is 10.6 Å². The second-order valence-electron chi connectivity index (χ2n) is 6.07. The predicted octanol–water partition coefficient (Wildman–Crippen LogP) is 5.14. The van der Waals surface area contributed by atoms with E-state index in [0.29, 0.717) is 5.28 Å². The third kappa shape index (κ3) is 2.93. The minimum atomic E-state index is 0.322. The topological polar surface area (TPSA) is 37.8 Å². The lowest BCUT2D eigenvalue weighted by Crippen LogP contribution is -2.05. The van der Waals surface area contributed by atoms with Crippen LogP contribution in [0.25, 0.3) is 10.2 Å². The number of hydrogen-bond acceptors (Lipinski definition) is 4. The fraction of sp³-hybridized carbons (Fsp3) is 0.333. The number of aryl methyl sites for hydroxylation is 3. The molecule has 2 aromatic heterocycles. The van der Waals surface area contributed by atoms with Crippen LogP contribution >= 0.6 is 22.9 Å². The van der Waals surface area contributed by atoms with Crippen molar-refractivity contribution in [2.75, 3.05) is 5.32 Å². The zero-order chi connectivity index (χ0) is 15.8. The number of nitrogens with zero attached hydrogens (tertiary/aromatic N) is 2. The third-order valence-corrected chi connectivity index (χ3v) is 5.72. The van der Waals surface area contributed by atoms with Gasteiger partial charge in [0.2, 0.25) is 5.28 Å². The van der Waals surface area contributed by atoms with E-state index in [-0.39, 0.29) is 0 Å². The van der Waals surface area contributed by atoms with Gasteiger partial charge in [0.15, 0.2) is 0 Å². The molecule has 0 amide bonds. The maximum atomic E-state index is 6.13. The normalized spacial score (nSPS) is 14.0. The Kier molecular flexibility index (Phi) is 3.95. The van der Waals surface area contributed by atoms with Crippen LogP contribution in [0.3, 0.4) is 0 Å². The molecule has 1 aliphatic carbocycles. The summed E-state index contributed by atoms with van der Waals surface area (Å²) in [5.41, 5.74) is 3.94. The van der Waals surface area contributed by atoms with E-state index in [2.05, 4.69) is 46.5 Å². The highest BCUT2D eigenvalue weighted by molar-refractivity contribution is 7.19. The molecule has 4 rings (SSSR count). The molecule has 1 aliphatic rings. The zero-order valence-corrected chi connectivity index (χ0v) is 14.6. The van der Waals surface area contributed by atoms with Gasteiger partial charge in [0.05, 0.1) is 5.39 Å². The van der Waals surface area contributed by atoms with Crippen LogP contribution in [0.2, 0.25) is 5.28 Å². The van der Waals surface area contributed by atoms with Gasteiger partial charge in [-0.25, -0.2) is 9.97 Å². The second-order valence-corrected chi connectivity index (χ2v) is 7.49. The summed E-state index contributed by atoms with van der Waals surface area (Å²) in [4.78, 5) is 11.4. The van der Waals surface area contributed by atoms with Gasteiger partial charge in [0.25, 0.3) is 0 Å². The highest BCUT2D eigenvalue weighted by Gasteiger charge is 2.20. The van der Waals surface area contributed by atoms with E-state index in [1.54, 1.807) is 11.3 Å². The van der Waals surface area contributed by atoms with Gasteiger partial charge in [-0.1, -0.05) is 29.8 Å². The first-order valence-corrected chi connectivity index (χ1v) is 9.17. The van der Waals surface area contributed by atoms with E-state index >= 15 is 0 Å². The molecule has 0 saturated heterocycles. The zero-order valence-electron chi connectivity index (χ0n) is 13.0. The number of benzene rings is 1. The van der Waals surface area contributed by atoms with Crippen LogP contribution in [-0.4, -0.2) is 9.97 Å². The maximum Gasteiger partial charge on any atom is 0.225 e. The number of aromatic nitrogens is 2. The van der Waals surface area contributed by atoms with Gasteiger partial charge in [0, 0.05) is 11.4 Å². The quantitative estimate of drug-likeness (QED) is 0.669. The maximum absolute atomic E-state index is 6.13. The molecule has 0 atom stereocenters. The Morgan fingerprint density at radius 3 is 2.74 bits per heavy atom. The van der Waals surface area contributed by atoms with Gasteiger partial charge in [-0.15, -0.1) is 11.3 Å². The second kappa shape index (κ2) is 6.10.